The summed E-state index contributed by atoms with van der Waals surface area (Å²) in [6.45, 7) is 2.13. The van der Waals surface area contributed by atoms with Crippen LogP contribution in [0, 0.1) is 0 Å². The molecule has 0 saturated heterocycles. The van der Waals surface area contributed by atoms with E-state index in [-0.39, 0.29) is 11.5 Å². The fraction of sp³-hybridized carbons (Fsp3) is 0.300. The number of hydrogen-bond donors (Lipinski definition) is 2. The van der Waals surface area contributed by atoms with E-state index in [1.165, 1.54) is 6.07 Å². The number of carbonyl (C=O) groups excluding carboxylic acids is 1. The first kappa shape index (κ1) is 9.74. The fourth-order valence-corrected chi connectivity index (χ4v) is 1.13. The Hall–Kier alpha value is -1.35. The molecule has 1 rings (SSSR count). The van der Waals surface area contributed by atoms with E-state index < -0.39 is 0 Å². The van der Waals surface area contributed by atoms with Crippen LogP contribution in [0.4, 0.5) is 0 Å². The van der Waals surface area contributed by atoms with Gasteiger partial charge in [-0.1, -0.05) is 13.0 Å². The van der Waals surface area contributed by atoms with Crippen molar-refractivity contribution in [3.8, 4) is 5.75 Å². The van der Waals surface area contributed by atoms with Crippen LogP contribution in [0.5, 0.6) is 5.75 Å². The largest absolute Gasteiger partial charge is 0.507 e. The Morgan fingerprint density at radius 3 is 2.69 bits per heavy atom. The number of aromatic hydroxyl groups is 1. The molecule has 0 radical (unpaired) electrons. The van der Waals surface area contributed by atoms with Crippen molar-refractivity contribution in [1.29, 1.82) is 0 Å². The van der Waals surface area contributed by atoms with Crippen LogP contribution in [0.1, 0.15) is 29.3 Å². The molecule has 0 amide bonds. The van der Waals surface area contributed by atoms with E-state index in [2.05, 4.69) is 0 Å². The molecular formula is C10H13NO2. The molecule has 0 aromatic heterocycles. The number of nitrogens with two attached hydrogens (primary N) is 1. The summed E-state index contributed by atoms with van der Waals surface area (Å²) in [4.78, 5) is 11.2. The fourth-order valence-electron chi connectivity index (χ4n) is 1.13. The van der Waals surface area contributed by atoms with Crippen molar-refractivity contribution in [1.82, 2.24) is 0 Å². The predicted molar refractivity (Wildman–Crippen MR) is 50.6 cm³/mol. The Labute approximate surface area is 77.2 Å². The van der Waals surface area contributed by atoms with Crippen LogP contribution in [0.25, 0.3) is 0 Å². The molecule has 13 heavy (non-hydrogen) atoms. The molecule has 0 heterocycles. The van der Waals surface area contributed by atoms with Crippen molar-refractivity contribution in [3.63, 3.8) is 0 Å². The van der Waals surface area contributed by atoms with Gasteiger partial charge in [0.25, 0.3) is 0 Å². The van der Waals surface area contributed by atoms with Crippen molar-refractivity contribution < 1.29 is 9.90 Å². The third-order valence-electron chi connectivity index (χ3n) is 1.92. The van der Waals surface area contributed by atoms with Gasteiger partial charge in [0.05, 0.1) is 5.56 Å². The summed E-state index contributed by atoms with van der Waals surface area (Å²) in [6, 6.07) is 4.90. The average molecular weight is 179 g/mol. The molecule has 0 aliphatic heterocycles. The molecule has 3 nitrogen and oxygen atoms in total. The summed E-state index contributed by atoms with van der Waals surface area (Å²) < 4.78 is 0. The van der Waals surface area contributed by atoms with Crippen LogP contribution >= 0.6 is 0 Å². The summed E-state index contributed by atoms with van der Waals surface area (Å²) in [5.74, 6) is -0.0316. The Morgan fingerprint density at radius 1 is 1.54 bits per heavy atom. The van der Waals surface area contributed by atoms with Crippen LogP contribution in [-0.4, -0.2) is 10.9 Å². The van der Waals surface area contributed by atoms with E-state index in [0.29, 0.717) is 18.5 Å². The maximum absolute atomic E-state index is 11.2. The smallest absolute Gasteiger partial charge is 0.166 e. The minimum absolute atomic E-state index is 0.0230. The lowest BCUT2D eigenvalue weighted by atomic mass is 10.1. The van der Waals surface area contributed by atoms with Gasteiger partial charge in [0.1, 0.15) is 5.75 Å². The van der Waals surface area contributed by atoms with Crippen molar-refractivity contribution in [3.05, 3.63) is 29.3 Å². The van der Waals surface area contributed by atoms with Gasteiger partial charge < -0.3 is 10.8 Å². The normalized spacial score (nSPS) is 10.0. The Morgan fingerprint density at radius 2 is 2.23 bits per heavy atom. The number of Topliss-reactive ketones (excluding diaryl/α,β-unsaturated/α-hetero) is 1. The molecule has 70 valence electrons. The molecule has 3 heteroatoms. The SMILES string of the molecule is CCC(=O)c1ccc(CN)cc1O. The second-order valence-corrected chi connectivity index (χ2v) is 2.83. The molecule has 0 aliphatic carbocycles. The van der Waals surface area contributed by atoms with Crippen LogP contribution in [0.3, 0.4) is 0 Å². The number of ketones is 1. The minimum atomic E-state index is -0.0546. The lowest BCUT2D eigenvalue weighted by Crippen LogP contribution is -2.00. The lowest BCUT2D eigenvalue weighted by molar-refractivity contribution is 0.0985. The molecule has 0 saturated carbocycles. The summed E-state index contributed by atoms with van der Waals surface area (Å²) in [6.07, 6.45) is 0.398. The molecule has 0 spiro atoms. The van der Waals surface area contributed by atoms with E-state index in [1.807, 2.05) is 0 Å². The first-order chi connectivity index (χ1) is 6.19. The second-order valence-electron chi connectivity index (χ2n) is 2.83. The summed E-state index contributed by atoms with van der Waals surface area (Å²) in [5, 5.41) is 9.45. The van der Waals surface area contributed by atoms with E-state index >= 15 is 0 Å². The Kier molecular flexibility index (Phi) is 3.03. The highest BCUT2D eigenvalue weighted by atomic mass is 16.3. The average Bonchev–Trinajstić information content (AvgIpc) is 2.16. The lowest BCUT2D eigenvalue weighted by Gasteiger charge is -2.03. The summed E-state index contributed by atoms with van der Waals surface area (Å²) in [5.41, 5.74) is 6.58. The number of carbonyl (C=O) groups is 1. The van der Waals surface area contributed by atoms with Gasteiger partial charge in [0.2, 0.25) is 0 Å². The maximum Gasteiger partial charge on any atom is 0.166 e. The van der Waals surface area contributed by atoms with Crippen molar-refractivity contribution >= 4 is 5.78 Å². The van der Waals surface area contributed by atoms with Crippen LogP contribution in [-0.2, 0) is 6.54 Å². The minimum Gasteiger partial charge on any atom is -0.507 e. The first-order valence-electron chi connectivity index (χ1n) is 4.24. The molecule has 0 fully saturated rings. The van der Waals surface area contributed by atoms with E-state index in [1.54, 1.807) is 19.1 Å². The maximum atomic E-state index is 11.2. The molecular weight excluding hydrogens is 166 g/mol. The van der Waals surface area contributed by atoms with E-state index in [0.717, 1.165) is 5.56 Å². The first-order valence-corrected chi connectivity index (χ1v) is 4.24. The molecule has 3 N–H and O–H groups in total. The molecule has 0 aliphatic rings. The molecule has 0 atom stereocenters. The number of rotatable bonds is 3. The third-order valence-corrected chi connectivity index (χ3v) is 1.92. The topological polar surface area (TPSA) is 63.3 Å². The number of benzene rings is 1. The van der Waals surface area contributed by atoms with Crippen LogP contribution in [0.2, 0.25) is 0 Å². The van der Waals surface area contributed by atoms with Gasteiger partial charge >= 0.3 is 0 Å². The van der Waals surface area contributed by atoms with Gasteiger partial charge in [-0.25, -0.2) is 0 Å². The quantitative estimate of drug-likeness (QED) is 0.690. The van der Waals surface area contributed by atoms with Crippen molar-refractivity contribution in [2.75, 3.05) is 0 Å². The zero-order valence-electron chi connectivity index (χ0n) is 7.58. The van der Waals surface area contributed by atoms with Gasteiger partial charge in [-0.3, -0.25) is 4.79 Å². The van der Waals surface area contributed by atoms with Crippen LogP contribution in [0.15, 0.2) is 18.2 Å². The third kappa shape index (κ3) is 2.06. The second kappa shape index (κ2) is 4.05. The predicted octanol–water partition coefficient (Wildman–Crippen LogP) is 1.44. The Balaban J connectivity index is 3.05. The number of phenols is 1. The van der Waals surface area contributed by atoms with Gasteiger partial charge in [-0.2, -0.15) is 0 Å². The summed E-state index contributed by atoms with van der Waals surface area (Å²) >= 11 is 0. The monoisotopic (exact) mass is 179 g/mol. The zero-order chi connectivity index (χ0) is 9.84. The van der Waals surface area contributed by atoms with Crippen molar-refractivity contribution in [2.45, 2.75) is 19.9 Å². The van der Waals surface area contributed by atoms with Gasteiger partial charge in [0.15, 0.2) is 5.78 Å². The summed E-state index contributed by atoms with van der Waals surface area (Å²) in [7, 11) is 0. The van der Waals surface area contributed by atoms with E-state index in [9.17, 15) is 9.90 Å². The zero-order valence-corrected chi connectivity index (χ0v) is 7.58. The molecule has 0 bridgehead atoms. The molecule has 1 aromatic rings. The van der Waals surface area contributed by atoms with Crippen molar-refractivity contribution in [2.24, 2.45) is 5.73 Å². The van der Waals surface area contributed by atoms with Gasteiger partial charge in [0, 0.05) is 13.0 Å². The highest BCUT2D eigenvalue weighted by molar-refractivity contribution is 5.98. The van der Waals surface area contributed by atoms with E-state index in [4.69, 9.17) is 5.73 Å². The highest BCUT2D eigenvalue weighted by Gasteiger charge is 2.08. The number of phenolic OH excluding ortho intramolecular Hbond substituents is 1. The Bertz CT molecular complexity index is 321. The van der Waals surface area contributed by atoms with Gasteiger partial charge in [-0.05, 0) is 17.7 Å². The number of hydrogen-bond acceptors (Lipinski definition) is 3. The van der Waals surface area contributed by atoms with Gasteiger partial charge in [-0.15, -0.1) is 0 Å². The molecule has 0 unspecified atom stereocenters. The highest BCUT2D eigenvalue weighted by Crippen LogP contribution is 2.19. The standard InChI is InChI=1S/C10H13NO2/c1-2-9(12)8-4-3-7(6-11)5-10(8)13/h3-5,13H,2,6,11H2,1H3. The molecule has 1 aromatic carbocycles. The van der Waals surface area contributed by atoms with Crippen LogP contribution < -0.4 is 5.73 Å².